The van der Waals surface area contributed by atoms with E-state index in [0.29, 0.717) is 47.6 Å². The first-order valence-corrected chi connectivity index (χ1v) is 7.99. The number of fused-ring (bicyclic) bond motifs is 1. The molecule has 0 saturated carbocycles. The number of hydrogen-bond donors (Lipinski definition) is 2. The molecule has 1 heterocycles. The molecule has 2 amide bonds. The van der Waals surface area contributed by atoms with Crippen molar-refractivity contribution in [3.63, 3.8) is 0 Å². The van der Waals surface area contributed by atoms with Crippen LogP contribution in [-0.4, -0.2) is 40.2 Å². The normalized spacial score (nSPS) is 11.6. The van der Waals surface area contributed by atoms with Gasteiger partial charge in [0.25, 0.3) is 0 Å². The van der Waals surface area contributed by atoms with Crippen molar-refractivity contribution in [2.24, 2.45) is 0 Å². The van der Waals surface area contributed by atoms with Crippen molar-refractivity contribution >= 4 is 11.7 Å². The number of rotatable bonds is 7. The van der Waals surface area contributed by atoms with E-state index in [9.17, 15) is 4.79 Å². The van der Waals surface area contributed by atoms with Crippen LogP contribution in [0.3, 0.4) is 0 Å². The Kier molecular flexibility index (Phi) is 5.52. The van der Waals surface area contributed by atoms with Gasteiger partial charge in [0.15, 0.2) is 11.5 Å². The van der Waals surface area contributed by atoms with Gasteiger partial charge in [-0.15, -0.1) is 0 Å². The van der Waals surface area contributed by atoms with Gasteiger partial charge in [-0.2, -0.15) is 0 Å². The summed E-state index contributed by atoms with van der Waals surface area (Å²) in [5.41, 5.74) is 0.544. The Labute approximate surface area is 151 Å². The van der Waals surface area contributed by atoms with Crippen molar-refractivity contribution in [1.29, 1.82) is 0 Å². The molecule has 0 aliphatic carbocycles. The lowest BCUT2D eigenvalue weighted by Gasteiger charge is -2.12. The predicted molar refractivity (Wildman–Crippen MR) is 94.6 cm³/mol. The van der Waals surface area contributed by atoms with Crippen molar-refractivity contribution < 1.29 is 28.5 Å². The van der Waals surface area contributed by atoms with Gasteiger partial charge in [0.05, 0.1) is 26.5 Å². The number of benzene rings is 2. The Hall–Kier alpha value is -3.29. The first kappa shape index (κ1) is 17.5. The lowest BCUT2D eigenvalue weighted by Crippen LogP contribution is -2.32. The van der Waals surface area contributed by atoms with Gasteiger partial charge in [-0.1, -0.05) is 0 Å². The minimum Gasteiger partial charge on any atom is -0.497 e. The van der Waals surface area contributed by atoms with Crippen LogP contribution in [0.5, 0.6) is 28.7 Å². The summed E-state index contributed by atoms with van der Waals surface area (Å²) in [5, 5.41) is 5.44. The number of carbonyl (C=O) groups excluding carboxylic acids is 1. The van der Waals surface area contributed by atoms with Crippen LogP contribution in [0.25, 0.3) is 0 Å². The molecule has 0 radical (unpaired) electrons. The van der Waals surface area contributed by atoms with Gasteiger partial charge in [0.2, 0.25) is 6.79 Å². The molecule has 8 nitrogen and oxygen atoms in total. The molecule has 0 unspecified atom stereocenters. The van der Waals surface area contributed by atoms with Gasteiger partial charge in [0.1, 0.15) is 23.9 Å². The van der Waals surface area contributed by atoms with E-state index in [1.54, 1.807) is 43.5 Å². The summed E-state index contributed by atoms with van der Waals surface area (Å²) in [4.78, 5) is 12.0. The number of urea groups is 1. The number of carbonyl (C=O) groups is 1. The molecule has 0 saturated heterocycles. The highest BCUT2D eigenvalue weighted by Gasteiger charge is 2.13. The Morgan fingerprint density at radius 1 is 1.04 bits per heavy atom. The molecule has 3 rings (SSSR count). The molecule has 1 aliphatic heterocycles. The molecule has 1 aliphatic rings. The molecular weight excluding hydrogens is 340 g/mol. The van der Waals surface area contributed by atoms with Crippen LogP contribution in [0.1, 0.15) is 0 Å². The van der Waals surface area contributed by atoms with Crippen molar-refractivity contribution in [2.75, 3.05) is 39.5 Å². The minimum absolute atomic E-state index is 0.218. The summed E-state index contributed by atoms with van der Waals surface area (Å²) in [6.07, 6.45) is 0. The lowest BCUT2D eigenvalue weighted by atomic mass is 10.2. The van der Waals surface area contributed by atoms with E-state index in [-0.39, 0.29) is 12.8 Å². The predicted octanol–water partition coefficient (Wildman–Crippen LogP) is 2.63. The zero-order chi connectivity index (χ0) is 18.4. The highest BCUT2D eigenvalue weighted by atomic mass is 16.7. The van der Waals surface area contributed by atoms with Crippen LogP contribution in [0.4, 0.5) is 10.5 Å². The molecule has 2 aromatic rings. The maximum absolute atomic E-state index is 12.0. The smallest absolute Gasteiger partial charge is 0.319 e. The molecule has 0 atom stereocenters. The van der Waals surface area contributed by atoms with E-state index in [0.717, 1.165) is 0 Å². The van der Waals surface area contributed by atoms with Gasteiger partial charge in [-0.05, 0) is 24.3 Å². The molecule has 8 heteroatoms. The van der Waals surface area contributed by atoms with Gasteiger partial charge < -0.3 is 34.3 Å². The molecule has 2 aromatic carbocycles. The van der Waals surface area contributed by atoms with E-state index in [1.807, 2.05) is 0 Å². The number of nitrogens with one attached hydrogen (secondary N) is 2. The molecule has 0 bridgehead atoms. The quantitative estimate of drug-likeness (QED) is 0.738. The number of amides is 2. The topological polar surface area (TPSA) is 87.3 Å². The van der Waals surface area contributed by atoms with Crippen molar-refractivity contribution in [3.8, 4) is 28.7 Å². The zero-order valence-corrected chi connectivity index (χ0v) is 14.5. The summed E-state index contributed by atoms with van der Waals surface area (Å²) in [6, 6.07) is 10.1. The lowest BCUT2D eigenvalue weighted by molar-refractivity contribution is 0.173. The Morgan fingerprint density at radius 2 is 1.85 bits per heavy atom. The van der Waals surface area contributed by atoms with E-state index >= 15 is 0 Å². The monoisotopic (exact) mass is 360 g/mol. The Balaban J connectivity index is 1.44. The molecule has 26 heavy (non-hydrogen) atoms. The summed E-state index contributed by atoms with van der Waals surface area (Å²) in [5.74, 6) is 3.15. The van der Waals surface area contributed by atoms with E-state index in [4.69, 9.17) is 23.7 Å². The van der Waals surface area contributed by atoms with Gasteiger partial charge in [0, 0.05) is 12.1 Å². The second-order valence-electron chi connectivity index (χ2n) is 5.31. The van der Waals surface area contributed by atoms with Crippen LogP contribution in [0.2, 0.25) is 0 Å². The summed E-state index contributed by atoms with van der Waals surface area (Å²) in [7, 11) is 3.09. The number of hydrogen-bond acceptors (Lipinski definition) is 6. The van der Waals surface area contributed by atoms with Crippen LogP contribution >= 0.6 is 0 Å². The largest absolute Gasteiger partial charge is 0.497 e. The van der Waals surface area contributed by atoms with Gasteiger partial charge in [-0.3, -0.25) is 0 Å². The fourth-order valence-electron chi connectivity index (χ4n) is 2.37. The maximum atomic E-state index is 12.0. The highest BCUT2D eigenvalue weighted by molar-refractivity contribution is 5.91. The van der Waals surface area contributed by atoms with E-state index in [2.05, 4.69) is 10.6 Å². The van der Waals surface area contributed by atoms with E-state index < -0.39 is 0 Å². The molecular formula is C18H20N2O6. The molecule has 2 N–H and O–H groups in total. The van der Waals surface area contributed by atoms with Crippen molar-refractivity contribution in [3.05, 3.63) is 36.4 Å². The van der Waals surface area contributed by atoms with Crippen LogP contribution in [-0.2, 0) is 0 Å². The second-order valence-corrected chi connectivity index (χ2v) is 5.31. The Morgan fingerprint density at radius 3 is 2.65 bits per heavy atom. The van der Waals surface area contributed by atoms with Crippen LogP contribution < -0.4 is 34.3 Å². The van der Waals surface area contributed by atoms with Crippen LogP contribution in [0.15, 0.2) is 36.4 Å². The highest BCUT2D eigenvalue weighted by Crippen LogP contribution is 2.35. The fraction of sp³-hybridized carbons (Fsp3) is 0.278. The first-order valence-electron chi connectivity index (χ1n) is 7.99. The van der Waals surface area contributed by atoms with Gasteiger partial charge >= 0.3 is 6.03 Å². The summed E-state index contributed by atoms with van der Waals surface area (Å²) >= 11 is 0. The standard InChI is InChI=1S/C18H20N2O6/c1-22-12-3-5-14(16(9-12)23-2)20-18(21)19-7-8-24-13-4-6-15-17(10-13)26-11-25-15/h3-6,9-10H,7-8,11H2,1-2H3,(H2,19,20,21). The number of ether oxygens (including phenoxy) is 5. The second kappa shape index (κ2) is 8.19. The van der Waals surface area contributed by atoms with Crippen molar-refractivity contribution in [1.82, 2.24) is 5.32 Å². The number of methoxy groups -OCH3 is 2. The summed E-state index contributed by atoms with van der Waals surface area (Å²) in [6.45, 7) is 0.862. The number of anilines is 1. The summed E-state index contributed by atoms with van der Waals surface area (Å²) < 4.78 is 26.5. The average molecular weight is 360 g/mol. The fourth-order valence-corrected chi connectivity index (χ4v) is 2.37. The first-order chi connectivity index (χ1) is 12.7. The third-order valence-corrected chi connectivity index (χ3v) is 3.66. The van der Waals surface area contributed by atoms with Gasteiger partial charge in [-0.25, -0.2) is 4.79 Å². The molecule has 0 aromatic heterocycles. The molecule has 0 fully saturated rings. The molecule has 138 valence electrons. The third-order valence-electron chi connectivity index (χ3n) is 3.66. The SMILES string of the molecule is COc1ccc(NC(=O)NCCOc2ccc3c(c2)OCO3)c(OC)c1. The van der Waals surface area contributed by atoms with Crippen molar-refractivity contribution in [2.45, 2.75) is 0 Å². The molecule has 0 spiro atoms. The maximum Gasteiger partial charge on any atom is 0.319 e. The average Bonchev–Trinajstić information content (AvgIpc) is 3.13. The minimum atomic E-state index is -0.359. The van der Waals surface area contributed by atoms with Crippen LogP contribution in [0, 0.1) is 0 Å². The zero-order valence-electron chi connectivity index (χ0n) is 14.5. The third kappa shape index (κ3) is 4.21. The Bertz CT molecular complexity index is 780. The van der Waals surface area contributed by atoms with E-state index in [1.165, 1.54) is 7.11 Å².